The van der Waals surface area contributed by atoms with Crippen molar-refractivity contribution >= 4 is 34.9 Å². The van der Waals surface area contributed by atoms with Gasteiger partial charge in [-0.15, -0.1) is 0 Å². The predicted molar refractivity (Wildman–Crippen MR) is 83.3 cm³/mol. The maximum Gasteiger partial charge on any atom is 0.178 e. The summed E-state index contributed by atoms with van der Waals surface area (Å²) in [5, 5.41) is 0.751. The number of aromatic amines is 1. The van der Waals surface area contributed by atoms with Crippen LogP contribution in [0.4, 0.5) is 0 Å². The van der Waals surface area contributed by atoms with Crippen LogP contribution >= 0.6 is 23.8 Å². The molecule has 1 saturated carbocycles. The van der Waals surface area contributed by atoms with Crippen LogP contribution in [-0.2, 0) is 0 Å². The second-order valence-electron chi connectivity index (χ2n) is 6.03. The summed E-state index contributed by atoms with van der Waals surface area (Å²) < 4.78 is 3.12. The Morgan fingerprint density at radius 2 is 1.89 bits per heavy atom. The van der Waals surface area contributed by atoms with Crippen LogP contribution in [0.15, 0.2) is 18.2 Å². The van der Waals surface area contributed by atoms with E-state index in [-0.39, 0.29) is 0 Å². The second-order valence-corrected chi connectivity index (χ2v) is 6.86. The van der Waals surface area contributed by atoms with Crippen LogP contribution in [0.1, 0.15) is 39.2 Å². The van der Waals surface area contributed by atoms with Gasteiger partial charge in [0.1, 0.15) is 0 Å². The number of nitrogens with zero attached hydrogens (tertiary/aromatic N) is 1. The minimum atomic E-state index is 0.515. The molecule has 1 aromatic carbocycles. The minimum absolute atomic E-state index is 0.515. The van der Waals surface area contributed by atoms with E-state index in [0.717, 1.165) is 27.1 Å². The van der Waals surface area contributed by atoms with E-state index < -0.39 is 0 Å². The molecule has 2 aromatic rings. The van der Waals surface area contributed by atoms with Crippen molar-refractivity contribution in [2.24, 2.45) is 11.8 Å². The van der Waals surface area contributed by atoms with Crippen molar-refractivity contribution in [2.45, 2.75) is 39.2 Å². The maximum absolute atomic E-state index is 6.05. The lowest BCUT2D eigenvalue weighted by atomic mass is 9.80. The van der Waals surface area contributed by atoms with E-state index >= 15 is 0 Å². The third-order valence-electron chi connectivity index (χ3n) is 4.20. The topological polar surface area (TPSA) is 20.7 Å². The zero-order valence-electron chi connectivity index (χ0n) is 11.3. The van der Waals surface area contributed by atoms with E-state index in [9.17, 15) is 0 Å². The van der Waals surface area contributed by atoms with Crippen LogP contribution < -0.4 is 0 Å². The molecule has 0 saturated heterocycles. The second kappa shape index (κ2) is 4.95. The molecule has 1 N–H and O–H groups in total. The number of hydrogen-bond acceptors (Lipinski definition) is 1. The summed E-state index contributed by atoms with van der Waals surface area (Å²) in [6.45, 7) is 4.69. The lowest BCUT2D eigenvalue weighted by Gasteiger charge is -2.32. The standard InChI is InChI=1S/C15H19ClN2S/c1-9-5-10(2)7-12(6-9)18-14-4-3-11(16)8-13(14)17-15(18)19/h3-4,8-10,12H,5-7H2,1-2H3,(H,17,19). The van der Waals surface area contributed by atoms with E-state index in [1.165, 1.54) is 24.8 Å². The molecule has 2 nitrogen and oxygen atoms in total. The minimum Gasteiger partial charge on any atom is -0.331 e. The molecule has 0 spiro atoms. The molecule has 1 aromatic heterocycles. The fourth-order valence-electron chi connectivity index (χ4n) is 3.58. The fraction of sp³-hybridized carbons (Fsp3) is 0.533. The lowest BCUT2D eigenvalue weighted by molar-refractivity contribution is 0.223. The number of nitrogens with one attached hydrogen (secondary N) is 1. The largest absolute Gasteiger partial charge is 0.331 e. The van der Waals surface area contributed by atoms with Gasteiger partial charge < -0.3 is 9.55 Å². The Kier molecular flexibility index (Phi) is 3.44. The van der Waals surface area contributed by atoms with Crippen molar-refractivity contribution in [1.29, 1.82) is 0 Å². The molecule has 0 radical (unpaired) electrons. The third kappa shape index (κ3) is 2.46. The van der Waals surface area contributed by atoms with Crippen molar-refractivity contribution in [3.63, 3.8) is 0 Å². The molecule has 0 amide bonds. The summed E-state index contributed by atoms with van der Waals surface area (Å²) in [7, 11) is 0. The summed E-state index contributed by atoms with van der Waals surface area (Å²) in [4.78, 5) is 3.29. The summed E-state index contributed by atoms with van der Waals surface area (Å²) in [5.41, 5.74) is 2.23. The summed E-state index contributed by atoms with van der Waals surface area (Å²) in [6, 6.07) is 6.49. The van der Waals surface area contributed by atoms with Gasteiger partial charge in [-0.1, -0.05) is 25.4 Å². The highest BCUT2D eigenvalue weighted by molar-refractivity contribution is 7.71. The van der Waals surface area contributed by atoms with Crippen LogP contribution in [0.25, 0.3) is 11.0 Å². The molecule has 19 heavy (non-hydrogen) atoms. The smallest absolute Gasteiger partial charge is 0.178 e. The molecule has 1 fully saturated rings. The zero-order chi connectivity index (χ0) is 13.6. The number of hydrogen-bond donors (Lipinski definition) is 1. The summed E-state index contributed by atoms with van der Waals surface area (Å²) in [6.07, 6.45) is 3.76. The van der Waals surface area contributed by atoms with Crippen LogP contribution in [0.5, 0.6) is 0 Å². The number of rotatable bonds is 1. The van der Waals surface area contributed by atoms with Crippen molar-refractivity contribution in [2.75, 3.05) is 0 Å². The van der Waals surface area contributed by atoms with Gasteiger partial charge >= 0.3 is 0 Å². The molecule has 2 unspecified atom stereocenters. The highest BCUT2D eigenvalue weighted by atomic mass is 35.5. The van der Waals surface area contributed by atoms with Gasteiger partial charge in [0.2, 0.25) is 0 Å². The van der Waals surface area contributed by atoms with Gasteiger partial charge in [-0.2, -0.15) is 0 Å². The van der Waals surface area contributed by atoms with Gasteiger partial charge in [0.25, 0.3) is 0 Å². The predicted octanol–water partition coefficient (Wildman–Crippen LogP) is 5.35. The van der Waals surface area contributed by atoms with Gasteiger partial charge in [0, 0.05) is 11.1 Å². The molecule has 4 heteroatoms. The van der Waals surface area contributed by atoms with Crippen LogP contribution in [0.3, 0.4) is 0 Å². The van der Waals surface area contributed by atoms with Crippen LogP contribution in [-0.4, -0.2) is 9.55 Å². The fourth-order valence-corrected chi connectivity index (χ4v) is 4.11. The van der Waals surface area contributed by atoms with Gasteiger partial charge in [0.15, 0.2) is 4.77 Å². The first-order valence-corrected chi connectivity index (χ1v) is 7.73. The monoisotopic (exact) mass is 294 g/mol. The number of benzene rings is 1. The zero-order valence-corrected chi connectivity index (χ0v) is 12.9. The molecule has 2 atom stereocenters. The normalized spacial score (nSPS) is 27.8. The molecular weight excluding hydrogens is 276 g/mol. The number of aromatic nitrogens is 2. The van der Waals surface area contributed by atoms with E-state index in [1.807, 2.05) is 12.1 Å². The third-order valence-corrected chi connectivity index (χ3v) is 4.73. The van der Waals surface area contributed by atoms with Gasteiger partial charge in [-0.25, -0.2) is 0 Å². The SMILES string of the molecule is CC1CC(C)CC(n2c(=S)[nH]c3cc(Cl)ccc32)C1. The average molecular weight is 295 g/mol. The lowest BCUT2D eigenvalue weighted by Crippen LogP contribution is -2.22. The first-order chi connectivity index (χ1) is 9.04. The molecule has 1 aliphatic rings. The highest BCUT2D eigenvalue weighted by Gasteiger charge is 2.26. The van der Waals surface area contributed by atoms with E-state index in [0.29, 0.717) is 6.04 Å². The van der Waals surface area contributed by atoms with Crippen molar-refractivity contribution in [1.82, 2.24) is 9.55 Å². The van der Waals surface area contributed by atoms with Crippen molar-refractivity contribution < 1.29 is 0 Å². The number of H-pyrrole nitrogens is 1. The quantitative estimate of drug-likeness (QED) is 0.703. The average Bonchev–Trinajstić information content (AvgIpc) is 2.62. The summed E-state index contributed by atoms with van der Waals surface area (Å²) >= 11 is 11.6. The number of fused-ring (bicyclic) bond motifs is 1. The van der Waals surface area contributed by atoms with Crippen molar-refractivity contribution in [3.8, 4) is 0 Å². The first-order valence-electron chi connectivity index (χ1n) is 6.94. The Balaban J connectivity index is 2.09. The van der Waals surface area contributed by atoms with Crippen LogP contribution in [0.2, 0.25) is 5.02 Å². The Hall–Kier alpha value is -0.800. The maximum atomic E-state index is 6.05. The number of halogens is 1. The molecular formula is C15H19ClN2S. The molecule has 3 rings (SSSR count). The molecule has 1 heterocycles. The van der Waals surface area contributed by atoms with Gasteiger partial charge in [-0.3, -0.25) is 0 Å². The Morgan fingerprint density at radius 3 is 2.58 bits per heavy atom. The van der Waals surface area contributed by atoms with Crippen molar-refractivity contribution in [3.05, 3.63) is 28.0 Å². The first kappa shape index (κ1) is 13.2. The van der Waals surface area contributed by atoms with Crippen LogP contribution in [0, 0.1) is 16.6 Å². The highest BCUT2D eigenvalue weighted by Crippen LogP contribution is 2.37. The number of imidazole rings is 1. The van der Waals surface area contributed by atoms with Gasteiger partial charge in [0.05, 0.1) is 11.0 Å². The van der Waals surface area contributed by atoms with E-state index in [1.54, 1.807) is 0 Å². The Morgan fingerprint density at radius 1 is 1.21 bits per heavy atom. The molecule has 0 aliphatic heterocycles. The summed E-state index contributed by atoms with van der Waals surface area (Å²) in [5.74, 6) is 1.54. The van der Waals surface area contributed by atoms with Gasteiger partial charge in [-0.05, 0) is 61.5 Å². The molecule has 102 valence electrons. The Bertz CT molecular complexity index is 648. The Labute approximate surface area is 123 Å². The molecule has 0 bridgehead atoms. The van der Waals surface area contributed by atoms with E-state index in [4.69, 9.17) is 23.8 Å². The van der Waals surface area contributed by atoms with E-state index in [2.05, 4.69) is 29.5 Å². The molecule has 1 aliphatic carbocycles.